The highest BCUT2D eigenvalue weighted by atomic mass is 16.5. The summed E-state index contributed by atoms with van der Waals surface area (Å²) in [5.41, 5.74) is 4.87. The van der Waals surface area contributed by atoms with Crippen LogP contribution in [0.25, 0.3) is 11.3 Å². The lowest BCUT2D eigenvalue weighted by Gasteiger charge is -2.31. The van der Waals surface area contributed by atoms with Crippen molar-refractivity contribution in [2.75, 3.05) is 6.61 Å². The lowest BCUT2D eigenvalue weighted by atomic mass is 9.77. The summed E-state index contributed by atoms with van der Waals surface area (Å²) in [6.45, 7) is 2.66. The van der Waals surface area contributed by atoms with E-state index >= 15 is 0 Å². The minimum absolute atomic E-state index is 0.0436. The van der Waals surface area contributed by atoms with Crippen molar-refractivity contribution in [3.05, 3.63) is 47.9 Å². The summed E-state index contributed by atoms with van der Waals surface area (Å²) in [6.07, 6.45) is 8.30. The average molecular weight is 279 g/mol. The van der Waals surface area contributed by atoms with Crippen LogP contribution in [0, 0.1) is 0 Å². The number of hydrogen-bond acceptors (Lipinski definition) is 4. The second kappa shape index (κ2) is 4.65. The van der Waals surface area contributed by atoms with Gasteiger partial charge in [0, 0.05) is 31.3 Å². The molecule has 0 N–H and O–H groups in total. The van der Waals surface area contributed by atoms with Crippen LogP contribution < -0.4 is 0 Å². The van der Waals surface area contributed by atoms with E-state index in [9.17, 15) is 0 Å². The van der Waals surface area contributed by atoms with E-state index in [2.05, 4.69) is 28.2 Å². The van der Waals surface area contributed by atoms with Crippen molar-refractivity contribution < 1.29 is 4.74 Å². The summed E-state index contributed by atoms with van der Waals surface area (Å²) in [4.78, 5) is 13.4. The maximum atomic E-state index is 5.60. The molecule has 2 aliphatic rings. The number of rotatable bonds is 1. The monoisotopic (exact) mass is 279 g/mol. The van der Waals surface area contributed by atoms with Crippen molar-refractivity contribution in [3.8, 4) is 11.3 Å². The van der Waals surface area contributed by atoms with Crippen molar-refractivity contribution in [2.24, 2.45) is 4.99 Å². The van der Waals surface area contributed by atoms with E-state index in [1.165, 1.54) is 16.7 Å². The van der Waals surface area contributed by atoms with Crippen molar-refractivity contribution in [1.29, 1.82) is 0 Å². The first kappa shape index (κ1) is 12.5. The third-order valence-corrected chi connectivity index (χ3v) is 4.42. The van der Waals surface area contributed by atoms with Crippen LogP contribution in [0.4, 0.5) is 0 Å². The van der Waals surface area contributed by atoms with Crippen LogP contribution >= 0.6 is 0 Å². The minimum atomic E-state index is -0.0436. The molecule has 4 nitrogen and oxygen atoms in total. The Morgan fingerprint density at radius 1 is 1.24 bits per heavy atom. The molecule has 2 aromatic rings. The molecular formula is C17H17N3O. The molecule has 4 rings (SSSR count). The molecule has 0 amide bonds. The fourth-order valence-electron chi connectivity index (χ4n) is 3.43. The first-order chi connectivity index (χ1) is 10.3. The predicted octanol–water partition coefficient (Wildman–Crippen LogP) is 2.82. The van der Waals surface area contributed by atoms with Crippen LogP contribution in [0.3, 0.4) is 0 Å². The number of ether oxygens (including phenoxy) is 1. The van der Waals surface area contributed by atoms with Gasteiger partial charge in [-0.15, -0.1) is 0 Å². The van der Waals surface area contributed by atoms with E-state index in [4.69, 9.17) is 9.73 Å². The number of aromatic nitrogens is 2. The lowest BCUT2D eigenvalue weighted by molar-refractivity contribution is 0.236. The molecule has 0 fully saturated rings. The van der Waals surface area contributed by atoms with Crippen molar-refractivity contribution in [1.82, 2.24) is 9.97 Å². The third-order valence-electron chi connectivity index (χ3n) is 4.42. The Kier molecular flexibility index (Phi) is 2.77. The normalized spacial score (nSPS) is 23.6. The molecule has 0 saturated carbocycles. The molecule has 1 aromatic heterocycles. The second-order valence-corrected chi connectivity index (χ2v) is 5.85. The summed E-state index contributed by atoms with van der Waals surface area (Å²) in [5, 5.41) is 0. The van der Waals surface area contributed by atoms with Gasteiger partial charge in [0.1, 0.15) is 12.1 Å². The Hall–Kier alpha value is -2.23. The lowest BCUT2D eigenvalue weighted by Crippen LogP contribution is -2.35. The molecule has 2 heterocycles. The molecule has 21 heavy (non-hydrogen) atoms. The topological polar surface area (TPSA) is 47.4 Å². The van der Waals surface area contributed by atoms with Crippen LogP contribution in [0.5, 0.6) is 0 Å². The van der Waals surface area contributed by atoms with Gasteiger partial charge in [0.15, 0.2) is 5.90 Å². The summed E-state index contributed by atoms with van der Waals surface area (Å²) >= 11 is 0. The average Bonchev–Trinajstić information content (AvgIpc) is 2.88. The maximum absolute atomic E-state index is 5.60. The summed E-state index contributed by atoms with van der Waals surface area (Å²) in [7, 11) is 0. The Balaban J connectivity index is 1.75. The Morgan fingerprint density at radius 2 is 2.19 bits per heavy atom. The van der Waals surface area contributed by atoms with Gasteiger partial charge in [-0.3, -0.25) is 9.97 Å². The number of fused-ring (bicyclic) bond motifs is 1. The number of aliphatic imine (C=N–C) groups is 1. The first-order valence-corrected chi connectivity index (χ1v) is 7.32. The molecule has 1 spiro atoms. The van der Waals surface area contributed by atoms with Crippen molar-refractivity contribution in [3.63, 3.8) is 0 Å². The Labute approximate surface area is 123 Å². The number of hydrogen-bond donors (Lipinski definition) is 0. The molecule has 1 aliphatic heterocycles. The highest BCUT2D eigenvalue weighted by Gasteiger charge is 2.39. The van der Waals surface area contributed by atoms with Gasteiger partial charge in [0.2, 0.25) is 0 Å². The second-order valence-electron chi connectivity index (χ2n) is 5.85. The highest BCUT2D eigenvalue weighted by molar-refractivity contribution is 5.76. The van der Waals surface area contributed by atoms with E-state index in [1.54, 1.807) is 12.4 Å². The molecule has 1 aromatic carbocycles. The molecule has 1 atom stereocenters. The Morgan fingerprint density at radius 3 is 2.95 bits per heavy atom. The largest absolute Gasteiger partial charge is 0.479 e. The molecule has 1 unspecified atom stereocenters. The van der Waals surface area contributed by atoms with Gasteiger partial charge in [-0.2, -0.15) is 0 Å². The standard InChI is InChI=1S/C17H17N3O/c1-12-20-17(11-21-12)6-5-14-13(9-17)3-2-4-15(14)16-10-18-7-8-19-16/h2-4,7-8,10H,5-6,9,11H2,1H3. The van der Waals surface area contributed by atoms with E-state index in [1.807, 2.05) is 13.1 Å². The van der Waals surface area contributed by atoms with Gasteiger partial charge in [0.25, 0.3) is 0 Å². The quantitative estimate of drug-likeness (QED) is 0.806. The summed E-state index contributed by atoms with van der Waals surface area (Å²) < 4.78 is 5.60. The molecule has 106 valence electrons. The van der Waals surface area contributed by atoms with Gasteiger partial charge in [-0.05, 0) is 24.0 Å². The van der Waals surface area contributed by atoms with Gasteiger partial charge in [0.05, 0.1) is 11.9 Å². The molecule has 0 radical (unpaired) electrons. The molecule has 1 aliphatic carbocycles. The number of nitrogens with zero attached hydrogens (tertiary/aromatic N) is 3. The SMILES string of the molecule is CC1=NC2(CCc3c(cccc3-c3cnccn3)C2)CO1. The van der Waals surface area contributed by atoms with Crippen LogP contribution in [-0.4, -0.2) is 28.0 Å². The smallest absolute Gasteiger partial charge is 0.180 e. The molecular weight excluding hydrogens is 262 g/mol. The van der Waals surface area contributed by atoms with Gasteiger partial charge >= 0.3 is 0 Å². The zero-order chi connectivity index (χ0) is 14.3. The summed E-state index contributed by atoms with van der Waals surface area (Å²) in [6, 6.07) is 6.45. The van der Waals surface area contributed by atoms with Crippen molar-refractivity contribution >= 4 is 5.90 Å². The Bertz CT molecular complexity index is 711. The van der Waals surface area contributed by atoms with E-state index in [-0.39, 0.29) is 5.54 Å². The minimum Gasteiger partial charge on any atom is -0.479 e. The molecule has 4 heteroatoms. The third kappa shape index (κ3) is 2.11. The van der Waals surface area contributed by atoms with E-state index in [0.29, 0.717) is 6.61 Å². The molecule has 0 bridgehead atoms. The number of benzene rings is 1. The van der Waals surface area contributed by atoms with Gasteiger partial charge < -0.3 is 4.74 Å². The fourth-order valence-corrected chi connectivity index (χ4v) is 3.43. The zero-order valence-electron chi connectivity index (χ0n) is 12.0. The maximum Gasteiger partial charge on any atom is 0.180 e. The molecule has 0 saturated heterocycles. The van der Waals surface area contributed by atoms with Gasteiger partial charge in [-0.25, -0.2) is 4.99 Å². The van der Waals surface area contributed by atoms with Crippen LogP contribution in [0.15, 0.2) is 41.8 Å². The highest BCUT2D eigenvalue weighted by Crippen LogP contribution is 2.38. The predicted molar refractivity (Wildman–Crippen MR) is 81.3 cm³/mol. The first-order valence-electron chi connectivity index (χ1n) is 7.32. The van der Waals surface area contributed by atoms with Crippen LogP contribution in [-0.2, 0) is 17.6 Å². The van der Waals surface area contributed by atoms with E-state index in [0.717, 1.165) is 30.9 Å². The summed E-state index contributed by atoms with van der Waals surface area (Å²) in [5.74, 6) is 0.823. The fraction of sp³-hybridized carbons (Fsp3) is 0.353. The van der Waals surface area contributed by atoms with Crippen LogP contribution in [0.2, 0.25) is 0 Å². The van der Waals surface area contributed by atoms with Crippen LogP contribution in [0.1, 0.15) is 24.5 Å². The van der Waals surface area contributed by atoms with E-state index < -0.39 is 0 Å². The van der Waals surface area contributed by atoms with Gasteiger partial charge in [-0.1, -0.05) is 18.2 Å². The zero-order valence-corrected chi connectivity index (χ0v) is 12.0. The van der Waals surface area contributed by atoms with Crippen molar-refractivity contribution in [2.45, 2.75) is 31.7 Å².